The number of sulfonamides is 1. The van der Waals surface area contributed by atoms with Crippen LogP contribution in [0.25, 0.3) is 11.1 Å². The van der Waals surface area contributed by atoms with E-state index in [0.29, 0.717) is 62.7 Å². The Bertz CT molecular complexity index is 2270. The van der Waals surface area contributed by atoms with E-state index in [9.17, 15) is 26.4 Å². The van der Waals surface area contributed by atoms with Crippen LogP contribution in [0.4, 0.5) is 24.7 Å². The molecule has 0 atom stereocenters. The Labute approximate surface area is 340 Å². The van der Waals surface area contributed by atoms with Crippen molar-refractivity contribution in [3.8, 4) is 22.6 Å². The Balaban J connectivity index is 1.05. The summed E-state index contributed by atoms with van der Waals surface area (Å²) in [6, 6.07) is 23.0. The first-order valence-corrected chi connectivity index (χ1v) is 21.1. The minimum atomic E-state index is -4.86. The summed E-state index contributed by atoms with van der Waals surface area (Å²) < 4.78 is 81.8. The second kappa shape index (κ2) is 18.9. The molecule has 1 aliphatic rings. The molecule has 2 N–H and O–H groups in total. The number of hydrogen-bond acceptors (Lipinski definition) is 12. The molecule has 0 spiro atoms. The zero-order valence-corrected chi connectivity index (χ0v) is 33.8. The first-order chi connectivity index (χ1) is 27.8. The zero-order chi connectivity index (χ0) is 41.3. The van der Waals surface area contributed by atoms with Crippen molar-refractivity contribution in [1.82, 2.24) is 24.8 Å². The quantitative estimate of drug-likeness (QED) is 0.0758. The van der Waals surface area contributed by atoms with Crippen LogP contribution in [0.3, 0.4) is 0 Å². The third-order valence-corrected chi connectivity index (χ3v) is 11.3. The van der Waals surface area contributed by atoms with E-state index in [4.69, 9.17) is 9.47 Å². The topological polar surface area (TPSA) is 139 Å². The highest BCUT2D eigenvalue weighted by molar-refractivity contribution is 7.99. The number of benzene rings is 3. The van der Waals surface area contributed by atoms with Crippen molar-refractivity contribution in [3.05, 3.63) is 114 Å². The molecule has 0 saturated carbocycles. The van der Waals surface area contributed by atoms with Crippen molar-refractivity contribution in [2.75, 3.05) is 55.3 Å². The lowest BCUT2D eigenvalue weighted by Gasteiger charge is -2.35. The van der Waals surface area contributed by atoms with E-state index >= 15 is 0 Å². The lowest BCUT2D eigenvalue weighted by Crippen LogP contribution is -2.46. The van der Waals surface area contributed by atoms with Gasteiger partial charge in [0.15, 0.2) is 11.5 Å². The number of hydrogen-bond donors (Lipinski definition) is 2. The molecular formula is C41H44F3N7O5S2. The second-order valence-corrected chi connectivity index (χ2v) is 16.5. The molecule has 1 amide bonds. The number of anilines is 2. The summed E-state index contributed by atoms with van der Waals surface area (Å²) in [4.78, 5) is 21.9. The molecule has 12 nitrogen and oxygen atoms in total. The molecule has 5 aromatic rings. The summed E-state index contributed by atoms with van der Waals surface area (Å²) in [5, 5.41) is 10.8. The van der Waals surface area contributed by atoms with Crippen molar-refractivity contribution < 1.29 is 35.9 Å². The number of nitrogens with one attached hydrogen (secondary N) is 2. The van der Waals surface area contributed by atoms with Crippen LogP contribution < -0.4 is 24.4 Å². The molecule has 1 saturated heterocycles. The van der Waals surface area contributed by atoms with Crippen LogP contribution in [0, 0.1) is 0 Å². The van der Waals surface area contributed by atoms with Gasteiger partial charge in [-0.1, -0.05) is 18.2 Å². The molecule has 2 aromatic heterocycles. The van der Waals surface area contributed by atoms with Crippen molar-refractivity contribution in [3.63, 3.8) is 0 Å². The summed E-state index contributed by atoms with van der Waals surface area (Å²) >= 11 is 1.47. The van der Waals surface area contributed by atoms with Crippen LogP contribution in [-0.4, -0.2) is 85.6 Å². The van der Waals surface area contributed by atoms with Gasteiger partial charge < -0.3 is 19.7 Å². The van der Waals surface area contributed by atoms with Gasteiger partial charge in [0.1, 0.15) is 11.5 Å². The van der Waals surface area contributed by atoms with E-state index in [1.807, 2.05) is 78.9 Å². The summed E-state index contributed by atoms with van der Waals surface area (Å²) in [6.45, 7) is 9.93. The molecule has 58 heavy (non-hydrogen) atoms. The number of alkyl halides is 3. The normalized spacial score (nSPS) is 13.7. The van der Waals surface area contributed by atoms with Gasteiger partial charge in [-0.05, 0) is 98.6 Å². The van der Waals surface area contributed by atoms with Gasteiger partial charge >= 0.3 is 6.18 Å². The number of halogens is 3. The molecule has 306 valence electrons. The molecular weight excluding hydrogens is 792 g/mol. The monoisotopic (exact) mass is 835 g/mol. The number of rotatable bonds is 16. The number of carbonyl (C=O) groups is 1. The van der Waals surface area contributed by atoms with E-state index in [1.165, 1.54) is 17.8 Å². The molecule has 3 heterocycles. The van der Waals surface area contributed by atoms with Crippen molar-refractivity contribution in [2.24, 2.45) is 0 Å². The number of piperazine rings is 1. The van der Waals surface area contributed by atoms with Crippen LogP contribution in [0.15, 0.2) is 107 Å². The van der Waals surface area contributed by atoms with Crippen LogP contribution >= 0.6 is 11.8 Å². The summed E-state index contributed by atoms with van der Waals surface area (Å²) in [5.74, 6) is 1.30. The van der Waals surface area contributed by atoms with Gasteiger partial charge in [-0.3, -0.25) is 14.7 Å². The molecule has 1 fully saturated rings. The Kier molecular flexibility index (Phi) is 13.8. The Morgan fingerprint density at radius 2 is 1.66 bits per heavy atom. The smallest absolute Gasteiger partial charge is 0.418 e. The van der Waals surface area contributed by atoms with E-state index in [0.717, 1.165) is 39.5 Å². The van der Waals surface area contributed by atoms with Gasteiger partial charge in [0, 0.05) is 67.4 Å². The summed E-state index contributed by atoms with van der Waals surface area (Å²) in [6.07, 6.45) is -1.38. The average Bonchev–Trinajstić information content (AvgIpc) is 3.19. The number of nitrogens with zero attached hydrogens (tertiary/aromatic N) is 5. The Morgan fingerprint density at radius 3 is 2.34 bits per heavy atom. The van der Waals surface area contributed by atoms with E-state index in [1.54, 1.807) is 18.5 Å². The highest BCUT2D eigenvalue weighted by atomic mass is 32.2. The lowest BCUT2D eigenvalue weighted by molar-refractivity contribution is -0.137. The van der Waals surface area contributed by atoms with Gasteiger partial charge in [-0.25, -0.2) is 13.1 Å². The third kappa shape index (κ3) is 11.4. The molecule has 17 heteroatoms. The number of pyridine rings is 1. The Hall–Kier alpha value is -5.39. The predicted molar refractivity (Wildman–Crippen MR) is 218 cm³/mol. The van der Waals surface area contributed by atoms with Gasteiger partial charge in [0.2, 0.25) is 0 Å². The molecule has 1 aliphatic heterocycles. The standard InChI is InChI=1S/C41H44F3N7O5S2/c1-4-55-33-23-31(25-45-26-33)30-20-29(21-32(22-30)56-28(2)3)27-50-15-17-51(18-16-50)39-13-12-38(47-48-39)40(52)49-58(53,54)35-10-11-37(36(24-35)41(42,43)44)46-14-19-57-34-8-6-5-7-9-34/h5-13,20-26,28,46H,4,14-19,27H2,1-3H3,(H,49,52). The van der Waals surface area contributed by atoms with Crippen LogP contribution in [0.5, 0.6) is 11.5 Å². The highest BCUT2D eigenvalue weighted by Gasteiger charge is 2.35. The first kappa shape index (κ1) is 42.2. The number of amides is 1. The van der Waals surface area contributed by atoms with Crippen molar-refractivity contribution in [2.45, 2.75) is 49.4 Å². The third-order valence-electron chi connectivity index (χ3n) is 8.94. The van der Waals surface area contributed by atoms with Crippen LogP contribution in [-0.2, 0) is 22.7 Å². The van der Waals surface area contributed by atoms with Crippen LogP contribution in [0.2, 0.25) is 0 Å². The summed E-state index contributed by atoms with van der Waals surface area (Å²) in [5.41, 5.74) is 1.21. The molecule has 0 radical (unpaired) electrons. The van der Waals surface area contributed by atoms with E-state index in [-0.39, 0.29) is 24.0 Å². The molecule has 0 bridgehead atoms. The van der Waals surface area contributed by atoms with E-state index in [2.05, 4.69) is 31.5 Å². The molecule has 0 unspecified atom stereocenters. The lowest BCUT2D eigenvalue weighted by atomic mass is 10.0. The fourth-order valence-electron chi connectivity index (χ4n) is 6.27. The average molecular weight is 836 g/mol. The maximum Gasteiger partial charge on any atom is 0.418 e. The highest BCUT2D eigenvalue weighted by Crippen LogP contribution is 2.37. The van der Waals surface area contributed by atoms with Crippen molar-refractivity contribution >= 4 is 39.2 Å². The van der Waals surface area contributed by atoms with Gasteiger partial charge in [-0.2, -0.15) is 13.2 Å². The fourth-order valence-corrected chi connectivity index (χ4v) is 8.05. The second-order valence-electron chi connectivity index (χ2n) is 13.6. The largest absolute Gasteiger partial charge is 0.492 e. The van der Waals surface area contributed by atoms with Gasteiger partial charge in [0.25, 0.3) is 15.9 Å². The number of carbonyl (C=O) groups excluding carboxylic acids is 1. The first-order valence-electron chi connectivity index (χ1n) is 18.7. The fraction of sp³-hybridized carbons (Fsp3) is 0.317. The SMILES string of the molecule is CCOc1cncc(-c2cc(CN3CCN(c4ccc(C(=O)NS(=O)(=O)c5ccc(NCCSc6ccccc6)c(C(F)(F)F)c5)nn4)CC3)cc(OC(C)C)c2)c1. The minimum absolute atomic E-state index is 0.00524. The van der Waals surface area contributed by atoms with E-state index < -0.39 is 32.6 Å². The van der Waals surface area contributed by atoms with Crippen molar-refractivity contribution in [1.29, 1.82) is 0 Å². The molecule has 6 rings (SSSR count). The Morgan fingerprint density at radius 1 is 0.897 bits per heavy atom. The van der Waals surface area contributed by atoms with Gasteiger partial charge in [0.05, 0.1) is 29.4 Å². The predicted octanol–water partition coefficient (Wildman–Crippen LogP) is 7.39. The molecule has 0 aliphatic carbocycles. The number of aromatic nitrogens is 3. The maximum atomic E-state index is 14.0. The zero-order valence-electron chi connectivity index (χ0n) is 32.2. The molecule has 3 aromatic carbocycles. The number of ether oxygens (including phenoxy) is 2. The summed E-state index contributed by atoms with van der Waals surface area (Å²) in [7, 11) is -4.69. The van der Waals surface area contributed by atoms with Crippen LogP contribution in [0.1, 0.15) is 42.4 Å². The van der Waals surface area contributed by atoms with Gasteiger partial charge in [-0.15, -0.1) is 22.0 Å². The number of thioether (sulfide) groups is 1. The maximum absolute atomic E-state index is 14.0. The minimum Gasteiger partial charge on any atom is -0.492 e.